The molecule has 8 saturated carbocycles. The summed E-state index contributed by atoms with van der Waals surface area (Å²) in [6.07, 6.45) is 35.9. The summed E-state index contributed by atoms with van der Waals surface area (Å²) >= 11 is 0. The van der Waals surface area contributed by atoms with Crippen LogP contribution in [0.4, 0.5) is 20.2 Å². The van der Waals surface area contributed by atoms with Crippen molar-refractivity contribution in [2.45, 2.75) is 294 Å². The number of rotatable bonds is 20. The van der Waals surface area contributed by atoms with Crippen molar-refractivity contribution in [1.29, 1.82) is 0 Å². The van der Waals surface area contributed by atoms with Gasteiger partial charge in [-0.25, -0.2) is 8.78 Å². The van der Waals surface area contributed by atoms with Crippen molar-refractivity contribution < 1.29 is 61.3 Å². The molecule has 2 aromatic rings. The molecule has 594 valence electrons. The third-order valence-electron chi connectivity index (χ3n) is 23.1. The van der Waals surface area contributed by atoms with Crippen LogP contribution in [0.25, 0.3) is 0 Å². The third kappa shape index (κ3) is 35.4. The average Bonchev–Trinajstić information content (AvgIpc) is 1.65. The number of aryl methyl sites for hydroxylation is 2. The van der Waals surface area contributed by atoms with E-state index in [0.29, 0.717) is 47.9 Å². The maximum Gasteiger partial charge on any atom is 0.227 e. The summed E-state index contributed by atoms with van der Waals surface area (Å²) in [6, 6.07) is 5.62. The molecule has 103 heavy (non-hydrogen) atoms. The van der Waals surface area contributed by atoms with E-state index in [1.807, 2.05) is 24.1 Å². The lowest BCUT2D eigenvalue weighted by Gasteiger charge is -2.57. The summed E-state index contributed by atoms with van der Waals surface area (Å²) in [6.45, 7) is 43.0. The SMILES string of the molecule is CC12COCC1C2.CC1C2CC3CC1CC(O)(C3)C2.CC1CC2CCC1O2.CC1CCN(c2cc(F)ccc2F)C1.CCC(C)=C(C)C.CCCOC(C)C.CCCOCCC1CCOCC1.CCCOCCOC1CC1.COCC1CC1.COCC1CCC1.Cc1cnc2c(c1)N(C)C(=O)CC2. The van der Waals surface area contributed by atoms with Crippen LogP contribution in [-0.2, 0) is 53.8 Å². The number of halogens is 2. The zero-order valence-electron chi connectivity index (χ0n) is 68.4. The van der Waals surface area contributed by atoms with Crippen LogP contribution in [0, 0.1) is 83.2 Å². The number of anilines is 2. The lowest BCUT2D eigenvalue weighted by atomic mass is 9.50. The Morgan fingerprint density at radius 1 is 0.728 bits per heavy atom. The summed E-state index contributed by atoms with van der Waals surface area (Å²) in [7, 11) is 5.35. The van der Waals surface area contributed by atoms with E-state index in [1.165, 1.54) is 132 Å². The molecular formula is C87H151F2N3O11. The van der Waals surface area contributed by atoms with E-state index in [2.05, 4.69) is 95.0 Å². The zero-order valence-corrected chi connectivity index (χ0v) is 68.4. The van der Waals surface area contributed by atoms with Gasteiger partial charge in [-0.05, 0) is 278 Å². The van der Waals surface area contributed by atoms with Gasteiger partial charge in [-0.3, -0.25) is 9.78 Å². The molecule has 6 bridgehead atoms. The molecule has 6 aliphatic heterocycles. The van der Waals surface area contributed by atoms with Crippen LogP contribution < -0.4 is 9.80 Å². The predicted octanol–water partition coefficient (Wildman–Crippen LogP) is 19.8. The van der Waals surface area contributed by atoms with Gasteiger partial charge in [0.2, 0.25) is 5.91 Å². The number of methoxy groups -OCH3 is 2. The number of aromatic nitrogens is 1. The second-order valence-electron chi connectivity index (χ2n) is 33.4. The first-order valence-electron chi connectivity index (χ1n) is 41.3. The molecule has 5 saturated heterocycles. The second kappa shape index (κ2) is 49.1. The van der Waals surface area contributed by atoms with Crippen molar-refractivity contribution in [2.24, 2.45) is 64.6 Å². The number of aliphatic hydroxyl groups is 1. The number of pyridine rings is 1. The summed E-state index contributed by atoms with van der Waals surface area (Å²) in [5.74, 6) is 8.03. The summed E-state index contributed by atoms with van der Waals surface area (Å²) in [4.78, 5) is 19.3. The fraction of sp³-hybridized carbons (Fsp3) is 0.839. The van der Waals surface area contributed by atoms with Crippen molar-refractivity contribution in [3.63, 3.8) is 0 Å². The highest BCUT2D eigenvalue weighted by atomic mass is 19.1. The summed E-state index contributed by atoms with van der Waals surface area (Å²) < 4.78 is 73.4. The molecule has 8 unspecified atom stereocenters. The minimum Gasteiger partial charge on any atom is -0.390 e. The Kier molecular flexibility index (Phi) is 43.1. The highest BCUT2D eigenvalue weighted by Crippen LogP contribution is 2.58. The van der Waals surface area contributed by atoms with E-state index in [9.17, 15) is 18.7 Å². The predicted molar refractivity (Wildman–Crippen MR) is 418 cm³/mol. The summed E-state index contributed by atoms with van der Waals surface area (Å²) in [5.41, 5.74) is 6.89. The number of allylic oxidation sites excluding steroid dienone is 2. The molecule has 14 nitrogen and oxygen atoms in total. The minimum absolute atomic E-state index is 0.180. The first-order chi connectivity index (χ1) is 49.4. The Bertz CT molecular complexity index is 2610. The monoisotopic (exact) mass is 1450 g/mol. The van der Waals surface area contributed by atoms with Crippen molar-refractivity contribution in [1.82, 2.24) is 4.98 Å². The molecule has 8 aliphatic carbocycles. The zero-order chi connectivity index (χ0) is 75.3. The number of amides is 1. The molecule has 16 heteroatoms. The van der Waals surface area contributed by atoms with Crippen LogP contribution in [0.15, 0.2) is 41.6 Å². The lowest BCUT2D eigenvalue weighted by Crippen LogP contribution is -2.53. The van der Waals surface area contributed by atoms with Crippen molar-refractivity contribution in [3.05, 3.63) is 64.5 Å². The Balaban J connectivity index is 0.000000206. The van der Waals surface area contributed by atoms with E-state index in [0.717, 1.165) is 220 Å². The van der Waals surface area contributed by atoms with Gasteiger partial charge in [0.1, 0.15) is 11.6 Å². The van der Waals surface area contributed by atoms with Crippen LogP contribution in [-0.4, -0.2) is 160 Å². The summed E-state index contributed by atoms with van der Waals surface area (Å²) in [5, 5.41) is 10.2. The highest BCUT2D eigenvalue weighted by molar-refractivity contribution is 5.95. The molecular weight excluding hydrogens is 1300 g/mol. The largest absolute Gasteiger partial charge is 0.390 e. The Morgan fingerprint density at radius 2 is 1.38 bits per heavy atom. The Labute approximate surface area is 627 Å². The third-order valence-corrected chi connectivity index (χ3v) is 23.1. The van der Waals surface area contributed by atoms with Gasteiger partial charge in [-0.1, -0.05) is 73.0 Å². The van der Waals surface area contributed by atoms with E-state index in [4.69, 9.17) is 42.6 Å². The van der Waals surface area contributed by atoms with Gasteiger partial charge in [0.05, 0.1) is 73.5 Å². The molecule has 7 heterocycles. The van der Waals surface area contributed by atoms with Gasteiger partial charge < -0.3 is 57.5 Å². The Hall–Kier alpha value is -3.16. The fourth-order valence-electron chi connectivity index (χ4n) is 15.4. The minimum atomic E-state index is -0.374. The van der Waals surface area contributed by atoms with Gasteiger partial charge in [0.25, 0.3) is 0 Å². The Morgan fingerprint density at radius 3 is 1.81 bits per heavy atom. The number of hydrogen-bond acceptors (Lipinski definition) is 13. The lowest BCUT2D eigenvalue weighted by molar-refractivity contribution is -0.147. The average molecular weight is 1450 g/mol. The second-order valence-corrected chi connectivity index (χ2v) is 33.4. The molecule has 1 N–H and O–H groups in total. The molecule has 1 aromatic heterocycles. The molecule has 13 fully saturated rings. The number of fused-ring (bicyclic) bond motifs is 4. The van der Waals surface area contributed by atoms with Crippen molar-refractivity contribution in [2.75, 3.05) is 123 Å². The molecule has 1 amide bonds. The number of benzene rings is 1. The van der Waals surface area contributed by atoms with Crippen LogP contribution in [0.5, 0.6) is 0 Å². The first-order valence-corrected chi connectivity index (χ1v) is 41.3. The van der Waals surface area contributed by atoms with Gasteiger partial charge in [0, 0.05) is 112 Å². The van der Waals surface area contributed by atoms with Crippen LogP contribution in [0.3, 0.4) is 0 Å². The van der Waals surface area contributed by atoms with Crippen LogP contribution in [0.2, 0.25) is 0 Å². The highest BCUT2D eigenvalue weighted by Gasteiger charge is 2.54. The quantitative estimate of drug-likeness (QED) is 0.0994. The van der Waals surface area contributed by atoms with Crippen molar-refractivity contribution in [3.8, 4) is 0 Å². The number of hydrogen-bond donors (Lipinski definition) is 1. The van der Waals surface area contributed by atoms with E-state index in [1.54, 1.807) is 26.2 Å². The smallest absolute Gasteiger partial charge is 0.227 e. The van der Waals surface area contributed by atoms with Gasteiger partial charge >= 0.3 is 0 Å². The molecule has 16 rings (SSSR count). The van der Waals surface area contributed by atoms with E-state index in [-0.39, 0.29) is 23.1 Å². The standard InChI is InChI=1S/C11H13F2N.C11H18O.C10H12N2O.C10H20O2.C8H16O2.C7H12O.C7H14.C6H10O.C6H12O.C6H14O.C5H10O/c1-8-4-5-14(7-8)11-6-9(12)2-3-10(11)13;1-7-9-2-8-3-10(7)6-11(12,4-8)5-9;1-7-5-9-8(11-6-7)3-4-10(13)12(9)2;1-2-6-11-7-3-10-4-8-12-9-5-10;1-2-5-9-6-7-10-8-3-4-8;1-5-4-6-2-3-7(5)8-6;1-5-7(4)6(2)3;1-6-2-5(6)3-7-4-6;1-7-5-6-3-2-4-6;1-4-5-7-6(2)3;1-6-4-5-2-3-5/h2-3,6,8H,4-5,7H2,1H3;7-10,12H,2-6H2,1H3;5-6H,3-4H2,1-2H3;10H,2-9H2,1H3;8H,2-7H2,1H3;5-7H,2-4H2,1H3;5H2,1-4H3;5H,2-4H2,1H3;6H,2-5H2,1H3;6H,4-5H2,1-3H3;5H,2-4H2,1H3. The number of carbonyl (C=O) groups is 1. The maximum atomic E-state index is 13.3. The molecule has 0 spiro atoms. The normalized spacial score (nSPS) is 28.2. The number of ether oxygens (including phenoxy) is 9. The van der Waals surface area contributed by atoms with Crippen molar-refractivity contribution >= 4 is 17.3 Å². The molecule has 0 radical (unpaired) electrons. The number of nitrogens with zero attached hydrogens (tertiary/aromatic N) is 3. The van der Waals surface area contributed by atoms with E-state index < -0.39 is 0 Å². The van der Waals surface area contributed by atoms with Crippen LogP contribution >= 0.6 is 0 Å². The fourth-order valence-corrected chi connectivity index (χ4v) is 15.4. The van der Waals surface area contributed by atoms with E-state index >= 15 is 0 Å². The van der Waals surface area contributed by atoms with Gasteiger partial charge in [-0.2, -0.15) is 0 Å². The number of carbonyl (C=O) groups excluding carboxylic acids is 1. The first kappa shape index (κ1) is 90.5. The molecule has 1 aromatic carbocycles. The molecule has 14 aliphatic rings. The molecule has 8 atom stereocenters. The van der Waals surface area contributed by atoms with Gasteiger partial charge in [0.15, 0.2) is 0 Å². The topological polar surface area (TPSA) is 140 Å². The van der Waals surface area contributed by atoms with Crippen LogP contribution in [0.1, 0.15) is 262 Å². The van der Waals surface area contributed by atoms with Gasteiger partial charge in [-0.15, -0.1) is 0 Å². The maximum absolute atomic E-state index is 13.3.